The van der Waals surface area contributed by atoms with E-state index in [0.717, 1.165) is 0 Å². The third-order valence-electron chi connectivity index (χ3n) is 2.80. The number of rotatable bonds is 3. The van der Waals surface area contributed by atoms with E-state index in [1.54, 1.807) is 12.1 Å². The van der Waals surface area contributed by atoms with E-state index in [1.807, 2.05) is 0 Å². The molecule has 1 aliphatic rings. The van der Waals surface area contributed by atoms with Gasteiger partial charge in [-0.1, -0.05) is 12.1 Å². The number of benzene rings is 1. The van der Waals surface area contributed by atoms with Crippen LogP contribution in [0.1, 0.15) is 38.1 Å². The second kappa shape index (κ2) is 5.42. The maximum atomic E-state index is 12.3. The molecule has 1 saturated heterocycles. The van der Waals surface area contributed by atoms with Gasteiger partial charge < -0.3 is 14.2 Å². The van der Waals surface area contributed by atoms with E-state index in [1.165, 1.54) is 39.8 Å². The number of hydrogen-bond acceptors (Lipinski definition) is 7. The molecule has 22 heavy (non-hydrogen) atoms. The van der Waals surface area contributed by atoms with Gasteiger partial charge in [0, 0.05) is 27.7 Å². The average Bonchev–Trinajstić information content (AvgIpc) is 2.57. The number of carbonyl (C=O) groups is 3. The largest absolute Gasteiger partial charge is 0.429 e. The SMILES string of the molecule is CC(=O)Oc1ccccc1C(=O)OC1(C)OC(C)(C)OC1=O. The lowest BCUT2D eigenvalue weighted by Crippen LogP contribution is -2.39. The number of para-hydroxylation sites is 1. The second-order valence-corrected chi connectivity index (χ2v) is 5.32. The molecule has 2 rings (SSSR count). The molecule has 0 N–H and O–H groups in total. The Balaban J connectivity index is 2.23. The first-order valence-corrected chi connectivity index (χ1v) is 6.57. The molecule has 1 aromatic carbocycles. The van der Waals surface area contributed by atoms with E-state index < -0.39 is 29.5 Å². The van der Waals surface area contributed by atoms with Crippen molar-refractivity contribution in [3.05, 3.63) is 29.8 Å². The van der Waals surface area contributed by atoms with Crippen molar-refractivity contribution in [2.45, 2.75) is 39.3 Å². The molecular weight excluding hydrogens is 292 g/mol. The summed E-state index contributed by atoms with van der Waals surface area (Å²) in [6.45, 7) is 5.55. The summed E-state index contributed by atoms with van der Waals surface area (Å²) in [6.07, 6.45) is 0. The van der Waals surface area contributed by atoms with Crippen LogP contribution in [0.3, 0.4) is 0 Å². The van der Waals surface area contributed by atoms with Gasteiger partial charge in [-0.05, 0) is 12.1 Å². The number of ether oxygens (including phenoxy) is 4. The summed E-state index contributed by atoms with van der Waals surface area (Å²) < 4.78 is 20.4. The maximum Gasteiger partial charge on any atom is 0.382 e. The van der Waals surface area contributed by atoms with Crippen LogP contribution < -0.4 is 4.74 Å². The van der Waals surface area contributed by atoms with Gasteiger partial charge in [-0.15, -0.1) is 0 Å². The fourth-order valence-electron chi connectivity index (χ4n) is 2.02. The average molecular weight is 308 g/mol. The van der Waals surface area contributed by atoms with E-state index in [-0.39, 0.29) is 11.3 Å². The highest BCUT2D eigenvalue weighted by Gasteiger charge is 2.54. The lowest BCUT2D eigenvalue weighted by Gasteiger charge is -2.22. The second-order valence-electron chi connectivity index (χ2n) is 5.32. The van der Waals surface area contributed by atoms with Crippen LogP contribution in [0.2, 0.25) is 0 Å². The Morgan fingerprint density at radius 1 is 1.14 bits per heavy atom. The Kier molecular flexibility index (Phi) is 3.93. The molecule has 0 bridgehead atoms. The van der Waals surface area contributed by atoms with Gasteiger partial charge in [-0.3, -0.25) is 9.53 Å². The van der Waals surface area contributed by atoms with Crippen LogP contribution in [0.4, 0.5) is 0 Å². The number of cyclic esters (lactones) is 1. The molecule has 118 valence electrons. The minimum absolute atomic E-state index is 0.0000288. The Morgan fingerprint density at radius 3 is 2.32 bits per heavy atom. The molecule has 1 atom stereocenters. The standard InChI is InChI=1S/C15H16O7/c1-9(16)19-11-8-6-5-7-10(11)12(17)20-15(4)13(18)21-14(2,3)22-15/h5-8H,1-4H3. The van der Waals surface area contributed by atoms with Gasteiger partial charge in [0.15, 0.2) is 0 Å². The van der Waals surface area contributed by atoms with Gasteiger partial charge in [0.2, 0.25) is 5.79 Å². The Bertz CT molecular complexity index is 635. The first kappa shape index (κ1) is 16.0. The number of esters is 3. The van der Waals surface area contributed by atoms with Crippen LogP contribution in [0.5, 0.6) is 5.75 Å². The summed E-state index contributed by atoms with van der Waals surface area (Å²) in [5.74, 6) is -5.27. The Hall–Kier alpha value is -2.41. The maximum absolute atomic E-state index is 12.3. The summed E-state index contributed by atoms with van der Waals surface area (Å²) in [4.78, 5) is 35.2. The summed E-state index contributed by atoms with van der Waals surface area (Å²) in [6, 6.07) is 6.03. The zero-order valence-electron chi connectivity index (χ0n) is 12.7. The molecule has 0 spiro atoms. The first-order chi connectivity index (χ1) is 10.1. The predicted octanol–water partition coefficient (Wildman–Crippen LogP) is 1.79. The van der Waals surface area contributed by atoms with Crippen molar-refractivity contribution in [2.24, 2.45) is 0 Å². The van der Waals surface area contributed by atoms with E-state index in [2.05, 4.69) is 0 Å². The summed E-state index contributed by atoms with van der Waals surface area (Å²) in [5.41, 5.74) is 0.0000288. The zero-order valence-corrected chi connectivity index (χ0v) is 12.7. The smallest absolute Gasteiger partial charge is 0.382 e. The lowest BCUT2D eigenvalue weighted by atomic mass is 10.2. The molecule has 0 amide bonds. The van der Waals surface area contributed by atoms with Crippen LogP contribution in [-0.4, -0.2) is 29.5 Å². The fourth-order valence-corrected chi connectivity index (χ4v) is 2.02. The van der Waals surface area contributed by atoms with Crippen LogP contribution >= 0.6 is 0 Å². The number of carbonyl (C=O) groups excluding carboxylic acids is 3. The minimum Gasteiger partial charge on any atom is -0.429 e. The van der Waals surface area contributed by atoms with Crippen molar-refractivity contribution < 1.29 is 33.3 Å². The molecule has 1 unspecified atom stereocenters. The summed E-state index contributed by atoms with van der Waals surface area (Å²) >= 11 is 0. The Morgan fingerprint density at radius 2 is 1.77 bits per heavy atom. The fraction of sp³-hybridized carbons (Fsp3) is 0.400. The normalized spacial score (nSPS) is 22.8. The number of hydrogen-bond donors (Lipinski definition) is 0. The van der Waals surface area contributed by atoms with E-state index >= 15 is 0 Å². The molecule has 0 aromatic heterocycles. The summed E-state index contributed by atoms with van der Waals surface area (Å²) in [7, 11) is 0. The highest BCUT2D eigenvalue weighted by atomic mass is 16.9. The third kappa shape index (κ3) is 3.25. The topological polar surface area (TPSA) is 88.1 Å². The molecule has 0 saturated carbocycles. The van der Waals surface area contributed by atoms with Crippen molar-refractivity contribution in [1.29, 1.82) is 0 Å². The van der Waals surface area contributed by atoms with Gasteiger partial charge in [0.25, 0.3) is 0 Å². The minimum atomic E-state index is -1.86. The van der Waals surface area contributed by atoms with Crippen LogP contribution in [-0.2, 0) is 23.8 Å². The molecule has 1 aliphatic heterocycles. The van der Waals surface area contributed by atoms with Crippen LogP contribution in [0.25, 0.3) is 0 Å². The van der Waals surface area contributed by atoms with Crippen LogP contribution in [0.15, 0.2) is 24.3 Å². The predicted molar refractivity (Wildman–Crippen MR) is 72.8 cm³/mol. The highest BCUT2D eigenvalue weighted by molar-refractivity contribution is 5.95. The monoisotopic (exact) mass is 308 g/mol. The highest BCUT2D eigenvalue weighted by Crippen LogP contribution is 2.34. The van der Waals surface area contributed by atoms with E-state index in [0.29, 0.717) is 0 Å². The molecular formula is C15H16O7. The molecule has 7 nitrogen and oxygen atoms in total. The first-order valence-electron chi connectivity index (χ1n) is 6.57. The van der Waals surface area contributed by atoms with Gasteiger partial charge in [0.1, 0.15) is 11.3 Å². The van der Waals surface area contributed by atoms with E-state index in [4.69, 9.17) is 18.9 Å². The lowest BCUT2D eigenvalue weighted by molar-refractivity contribution is -0.221. The van der Waals surface area contributed by atoms with Crippen molar-refractivity contribution in [1.82, 2.24) is 0 Å². The van der Waals surface area contributed by atoms with Crippen LogP contribution in [0, 0.1) is 0 Å². The molecule has 1 heterocycles. The zero-order chi connectivity index (χ0) is 16.5. The molecule has 0 aliphatic carbocycles. The Labute approximate surface area is 127 Å². The third-order valence-corrected chi connectivity index (χ3v) is 2.80. The van der Waals surface area contributed by atoms with Crippen molar-refractivity contribution in [3.63, 3.8) is 0 Å². The van der Waals surface area contributed by atoms with Gasteiger partial charge in [0.05, 0.1) is 0 Å². The van der Waals surface area contributed by atoms with Crippen molar-refractivity contribution in [3.8, 4) is 5.75 Å². The molecule has 7 heteroatoms. The summed E-state index contributed by atoms with van der Waals surface area (Å²) in [5, 5.41) is 0. The van der Waals surface area contributed by atoms with Crippen molar-refractivity contribution >= 4 is 17.9 Å². The van der Waals surface area contributed by atoms with Gasteiger partial charge in [-0.25, -0.2) is 9.59 Å². The van der Waals surface area contributed by atoms with Gasteiger partial charge in [-0.2, -0.15) is 0 Å². The van der Waals surface area contributed by atoms with E-state index in [9.17, 15) is 14.4 Å². The molecule has 1 fully saturated rings. The molecule has 0 radical (unpaired) electrons. The van der Waals surface area contributed by atoms with Gasteiger partial charge >= 0.3 is 23.7 Å². The quantitative estimate of drug-likeness (QED) is 0.621. The van der Waals surface area contributed by atoms with Crippen molar-refractivity contribution in [2.75, 3.05) is 0 Å². The molecule has 1 aromatic rings.